The number of nitrogens with zero attached hydrogens (tertiary/aromatic N) is 2. The highest BCUT2D eigenvalue weighted by molar-refractivity contribution is 5.42. The van der Waals surface area contributed by atoms with Gasteiger partial charge in [0.1, 0.15) is 0 Å². The lowest BCUT2D eigenvalue weighted by Crippen LogP contribution is -2.06. The minimum Gasteiger partial charge on any atom is -0.388 e. The van der Waals surface area contributed by atoms with E-state index in [4.69, 9.17) is 0 Å². The average molecular weight is 215 g/mol. The highest BCUT2D eigenvalue weighted by Gasteiger charge is 1.96. The molecule has 16 heavy (non-hydrogen) atoms. The van der Waals surface area contributed by atoms with E-state index in [-0.39, 0.29) is 5.43 Å². The molecule has 2 rings (SSSR count). The fraction of sp³-hybridized carbons (Fsp3) is 0.167. The number of anilines is 1. The maximum absolute atomic E-state index is 10.9. The molecule has 0 aliphatic carbocycles. The molecule has 0 aliphatic rings. The van der Waals surface area contributed by atoms with Gasteiger partial charge >= 0.3 is 0 Å². The molecule has 0 saturated heterocycles. The zero-order chi connectivity index (χ0) is 11.4. The lowest BCUT2D eigenvalue weighted by Gasteiger charge is -2.06. The van der Waals surface area contributed by atoms with Crippen LogP contribution in [0, 0.1) is 0 Å². The maximum atomic E-state index is 10.9. The molecule has 0 bridgehead atoms. The predicted molar refractivity (Wildman–Crippen MR) is 63.6 cm³/mol. The third kappa shape index (κ3) is 2.48. The van der Waals surface area contributed by atoms with Crippen LogP contribution in [0.2, 0.25) is 0 Å². The largest absolute Gasteiger partial charge is 0.388 e. The highest BCUT2D eigenvalue weighted by Crippen LogP contribution is 2.07. The Balaban J connectivity index is 2.20. The van der Waals surface area contributed by atoms with E-state index < -0.39 is 0 Å². The summed E-state index contributed by atoms with van der Waals surface area (Å²) < 4.78 is 1.92. The number of hydrogen-bond acceptors (Lipinski definition) is 3. The summed E-state index contributed by atoms with van der Waals surface area (Å²) in [5.74, 6) is 0. The molecule has 0 saturated carbocycles. The SMILES string of the molecule is CNc1ccnc(Cn2ccc(=O)cc2)c1. The van der Waals surface area contributed by atoms with Gasteiger partial charge < -0.3 is 9.88 Å². The second-order valence-electron chi connectivity index (χ2n) is 3.49. The van der Waals surface area contributed by atoms with E-state index in [2.05, 4.69) is 10.3 Å². The molecule has 0 spiro atoms. The fourth-order valence-electron chi connectivity index (χ4n) is 1.46. The van der Waals surface area contributed by atoms with Crippen molar-refractivity contribution in [3.8, 4) is 0 Å². The number of nitrogens with one attached hydrogen (secondary N) is 1. The zero-order valence-electron chi connectivity index (χ0n) is 9.05. The molecule has 1 N–H and O–H groups in total. The molecule has 0 unspecified atom stereocenters. The normalized spacial score (nSPS) is 10.1. The fourth-order valence-corrected chi connectivity index (χ4v) is 1.46. The summed E-state index contributed by atoms with van der Waals surface area (Å²) in [7, 11) is 1.87. The lowest BCUT2D eigenvalue weighted by atomic mass is 10.3. The van der Waals surface area contributed by atoms with Gasteiger partial charge in [-0.05, 0) is 12.1 Å². The Morgan fingerprint density at radius 2 is 2.06 bits per heavy atom. The van der Waals surface area contributed by atoms with Gasteiger partial charge in [0, 0.05) is 43.5 Å². The first-order valence-corrected chi connectivity index (χ1v) is 5.07. The summed E-state index contributed by atoms with van der Waals surface area (Å²) in [5.41, 5.74) is 2.01. The van der Waals surface area contributed by atoms with Crippen molar-refractivity contribution in [3.05, 3.63) is 58.8 Å². The Bertz CT molecular complexity index is 513. The van der Waals surface area contributed by atoms with Crippen LogP contribution in [0.15, 0.2) is 47.7 Å². The lowest BCUT2D eigenvalue weighted by molar-refractivity contribution is 0.766. The van der Waals surface area contributed by atoms with Gasteiger partial charge in [-0.1, -0.05) is 0 Å². The van der Waals surface area contributed by atoms with Crippen molar-refractivity contribution in [2.45, 2.75) is 6.54 Å². The minimum absolute atomic E-state index is 0.0215. The summed E-state index contributed by atoms with van der Waals surface area (Å²) in [6, 6.07) is 6.98. The molecule has 0 aromatic carbocycles. The first-order chi connectivity index (χ1) is 7.78. The van der Waals surface area contributed by atoms with Crippen molar-refractivity contribution < 1.29 is 0 Å². The van der Waals surface area contributed by atoms with E-state index in [0.29, 0.717) is 6.54 Å². The smallest absolute Gasteiger partial charge is 0.181 e. The van der Waals surface area contributed by atoms with Crippen molar-refractivity contribution in [3.63, 3.8) is 0 Å². The minimum atomic E-state index is 0.0215. The highest BCUT2D eigenvalue weighted by atomic mass is 16.1. The Morgan fingerprint density at radius 1 is 1.31 bits per heavy atom. The van der Waals surface area contributed by atoms with Crippen molar-refractivity contribution in [1.82, 2.24) is 9.55 Å². The van der Waals surface area contributed by atoms with E-state index in [1.54, 1.807) is 30.7 Å². The number of rotatable bonds is 3. The van der Waals surface area contributed by atoms with Crippen molar-refractivity contribution in [2.24, 2.45) is 0 Å². The van der Waals surface area contributed by atoms with Crippen LogP contribution in [0.1, 0.15) is 5.69 Å². The van der Waals surface area contributed by atoms with Gasteiger partial charge in [0.05, 0.1) is 12.2 Å². The molecule has 0 aliphatic heterocycles. The van der Waals surface area contributed by atoms with E-state index in [0.717, 1.165) is 11.4 Å². The first-order valence-electron chi connectivity index (χ1n) is 5.07. The molecule has 4 heteroatoms. The number of pyridine rings is 2. The maximum Gasteiger partial charge on any atom is 0.181 e. The summed E-state index contributed by atoms with van der Waals surface area (Å²) in [6.07, 6.45) is 5.29. The van der Waals surface area contributed by atoms with Gasteiger partial charge in [-0.15, -0.1) is 0 Å². The van der Waals surface area contributed by atoms with Crippen molar-refractivity contribution in [2.75, 3.05) is 12.4 Å². The second-order valence-corrected chi connectivity index (χ2v) is 3.49. The van der Waals surface area contributed by atoms with Crippen LogP contribution in [0.4, 0.5) is 5.69 Å². The molecular weight excluding hydrogens is 202 g/mol. The van der Waals surface area contributed by atoms with E-state index >= 15 is 0 Å². The van der Waals surface area contributed by atoms with Crippen LogP contribution in [0.5, 0.6) is 0 Å². The Kier molecular flexibility index (Phi) is 3.00. The third-order valence-corrected chi connectivity index (χ3v) is 2.31. The van der Waals surface area contributed by atoms with Gasteiger partial charge in [-0.25, -0.2) is 0 Å². The van der Waals surface area contributed by atoms with E-state index in [9.17, 15) is 4.79 Å². The topological polar surface area (TPSA) is 46.9 Å². The summed E-state index contributed by atoms with van der Waals surface area (Å²) in [4.78, 5) is 15.2. The Morgan fingerprint density at radius 3 is 2.75 bits per heavy atom. The Hall–Kier alpha value is -2.10. The van der Waals surface area contributed by atoms with Crippen LogP contribution < -0.4 is 10.7 Å². The monoisotopic (exact) mass is 215 g/mol. The molecule has 4 nitrogen and oxygen atoms in total. The van der Waals surface area contributed by atoms with Crippen LogP contribution in [0.25, 0.3) is 0 Å². The van der Waals surface area contributed by atoms with Crippen molar-refractivity contribution in [1.29, 1.82) is 0 Å². The number of hydrogen-bond donors (Lipinski definition) is 1. The van der Waals surface area contributed by atoms with Gasteiger partial charge in [0.15, 0.2) is 5.43 Å². The molecule has 0 fully saturated rings. The Labute approximate surface area is 93.6 Å². The summed E-state index contributed by atoms with van der Waals surface area (Å²) in [6.45, 7) is 0.662. The average Bonchev–Trinajstić information content (AvgIpc) is 2.32. The van der Waals surface area contributed by atoms with Gasteiger partial charge in [-0.2, -0.15) is 0 Å². The summed E-state index contributed by atoms with van der Waals surface area (Å²) in [5, 5.41) is 3.06. The molecular formula is C12H13N3O. The first kappa shape index (κ1) is 10.4. The number of aromatic nitrogens is 2. The van der Waals surface area contributed by atoms with Crippen LogP contribution >= 0.6 is 0 Å². The van der Waals surface area contributed by atoms with Gasteiger partial charge in [0.2, 0.25) is 0 Å². The van der Waals surface area contributed by atoms with Crippen molar-refractivity contribution >= 4 is 5.69 Å². The molecule has 0 radical (unpaired) electrons. The van der Waals surface area contributed by atoms with Crippen LogP contribution in [-0.2, 0) is 6.54 Å². The zero-order valence-corrected chi connectivity index (χ0v) is 9.05. The van der Waals surface area contributed by atoms with Crippen LogP contribution in [0.3, 0.4) is 0 Å². The molecule has 2 aromatic rings. The molecule has 0 atom stereocenters. The molecule has 82 valence electrons. The van der Waals surface area contributed by atoms with Crippen LogP contribution in [-0.4, -0.2) is 16.6 Å². The standard InChI is InChI=1S/C12H13N3O/c1-13-10-2-5-14-11(8-10)9-15-6-3-12(16)4-7-15/h2-8H,9H2,1H3,(H,13,14). The molecule has 0 amide bonds. The summed E-state index contributed by atoms with van der Waals surface area (Å²) >= 11 is 0. The third-order valence-electron chi connectivity index (χ3n) is 2.31. The second kappa shape index (κ2) is 4.61. The quantitative estimate of drug-likeness (QED) is 0.840. The van der Waals surface area contributed by atoms with E-state index in [1.807, 2.05) is 23.7 Å². The molecule has 2 aromatic heterocycles. The van der Waals surface area contributed by atoms with E-state index in [1.165, 1.54) is 0 Å². The van der Waals surface area contributed by atoms with Gasteiger partial charge in [-0.3, -0.25) is 9.78 Å². The van der Waals surface area contributed by atoms with Gasteiger partial charge in [0.25, 0.3) is 0 Å². The predicted octanol–water partition coefficient (Wildman–Crippen LogP) is 1.33. The molecule has 2 heterocycles.